The lowest BCUT2D eigenvalue weighted by molar-refractivity contribution is -0.133. The summed E-state index contributed by atoms with van der Waals surface area (Å²) in [6.45, 7) is 0. The normalized spacial score (nSPS) is 14.1. The van der Waals surface area contributed by atoms with Gasteiger partial charge in [-0.1, -0.05) is 72.8 Å². The van der Waals surface area contributed by atoms with E-state index in [-0.39, 0.29) is 22.5 Å². The molecule has 0 amide bonds. The smallest absolute Gasteiger partial charge is 0.276 e. The van der Waals surface area contributed by atoms with Gasteiger partial charge in [0.15, 0.2) is 18.8 Å². The van der Waals surface area contributed by atoms with Gasteiger partial charge in [-0.05, 0) is 48.5 Å². The summed E-state index contributed by atoms with van der Waals surface area (Å²) in [5.41, 5.74) is 0.712. The van der Waals surface area contributed by atoms with E-state index in [9.17, 15) is 14.7 Å². The minimum absolute atomic E-state index is 0.0698. The molecule has 5 rings (SSSR count). The highest BCUT2D eigenvalue weighted by Gasteiger charge is 2.58. The molecule has 4 aromatic carbocycles. The number of ketones is 2. The lowest BCUT2D eigenvalue weighted by Crippen LogP contribution is -2.40. The van der Waals surface area contributed by atoms with Crippen molar-refractivity contribution in [2.24, 2.45) is 0 Å². The average Bonchev–Trinajstić information content (AvgIpc) is 2.96. The second kappa shape index (κ2) is 10.3. The maximum Gasteiger partial charge on any atom is 0.276 e. The van der Waals surface area contributed by atoms with Crippen LogP contribution >= 0.6 is 7.26 Å². The summed E-state index contributed by atoms with van der Waals surface area (Å²) in [7, 11) is -1.71. The Balaban J connectivity index is 1.90. The van der Waals surface area contributed by atoms with E-state index in [1.807, 2.05) is 121 Å². The first-order valence-corrected chi connectivity index (χ1v) is 13.6. The van der Waals surface area contributed by atoms with E-state index in [1.165, 1.54) is 7.11 Å². The number of allylic oxidation sites excluding steroid dienone is 2. The highest BCUT2D eigenvalue weighted by Crippen LogP contribution is 2.64. The number of aliphatic hydroxyl groups is 1. The second-order valence-corrected chi connectivity index (χ2v) is 11.8. The molecule has 182 valence electrons. The molecule has 0 saturated carbocycles. The highest BCUT2D eigenvalue weighted by atomic mass is 31.2. The Hall–Kier alpha value is -4.47. The third-order valence-corrected chi connectivity index (χ3v) is 10.6. The number of benzene rings is 4. The van der Waals surface area contributed by atoms with E-state index in [4.69, 9.17) is 4.74 Å². The number of rotatable bonds is 7. The van der Waals surface area contributed by atoms with Gasteiger partial charge in [-0.3, -0.25) is 9.59 Å². The summed E-state index contributed by atoms with van der Waals surface area (Å²) >= 11 is 0. The van der Waals surface area contributed by atoms with E-state index in [2.05, 4.69) is 5.32 Å². The number of carbonyl (C=O) groups is 2. The summed E-state index contributed by atoms with van der Waals surface area (Å²) in [5, 5.41) is 17.7. The van der Waals surface area contributed by atoms with Crippen molar-refractivity contribution in [2.45, 2.75) is 0 Å². The molecule has 0 bridgehead atoms. The fraction of sp³-hybridized carbons (Fsp3) is 0.0323. The van der Waals surface area contributed by atoms with Crippen LogP contribution in [0.25, 0.3) is 0 Å². The minimum Gasteiger partial charge on any atom is -0.502 e. The monoisotopic (exact) mass is 506 g/mol. The summed E-state index contributed by atoms with van der Waals surface area (Å²) in [6, 6.07) is 38.0. The van der Waals surface area contributed by atoms with Gasteiger partial charge in [0.25, 0.3) is 11.6 Å². The van der Waals surface area contributed by atoms with E-state index >= 15 is 0 Å². The van der Waals surface area contributed by atoms with Crippen LogP contribution in [0.2, 0.25) is 0 Å². The number of ether oxygens (including phenoxy) is 1. The predicted octanol–water partition coefficient (Wildman–Crippen LogP) is 4.87. The topological polar surface area (TPSA) is 75.6 Å². The molecule has 6 heteroatoms. The van der Waals surface area contributed by atoms with Crippen molar-refractivity contribution in [3.63, 3.8) is 0 Å². The Morgan fingerprint density at radius 3 is 1.43 bits per heavy atom. The fourth-order valence-electron chi connectivity index (χ4n) is 4.73. The molecule has 0 unspecified atom stereocenters. The van der Waals surface area contributed by atoms with Crippen LogP contribution in [0.3, 0.4) is 0 Å². The number of methoxy groups -OCH3 is 1. The van der Waals surface area contributed by atoms with Crippen LogP contribution in [-0.2, 0) is 14.3 Å². The van der Waals surface area contributed by atoms with Crippen LogP contribution in [0.4, 0.5) is 5.69 Å². The fourth-order valence-corrected chi connectivity index (χ4v) is 9.10. The Morgan fingerprint density at radius 1 is 0.622 bits per heavy atom. The zero-order valence-corrected chi connectivity index (χ0v) is 21.1. The molecule has 5 nitrogen and oxygen atoms in total. The number of Topliss-reactive ketones (excluding diaryl/α,β-unsaturated/α-hetero) is 2. The van der Waals surface area contributed by atoms with Crippen LogP contribution in [-0.4, -0.2) is 23.8 Å². The quantitative estimate of drug-likeness (QED) is 0.213. The van der Waals surface area contributed by atoms with Crippen LogP contribution < -0.4 is 21.2 Å². The molecular formula is C31H25NO4P+. The highest BCUT2D eigenvalue weighted by molar-refractivity contribution is 8.00. The molecule has 0 aliphatic heterocycles. The van der Waals surface area contributed by atoms with Gasteiger partial charge in [0.2, 0.25) is 5.31 Å². The molecule has 37 heavy (non-hydrogen) atoms. The Labute approximate surface area is 216 Å². The molecule has 2 N–H and O–H groups in total. The lowest BCUT2D eigenvalue weighted by atomic mass is 10.0. The van der Waals surface area contributed by atoms with Gasteiger partial charge in [-0.15, -0.1) is 0 Å². The first-order valence-electron chi connectivity index (χ1n) is 11.8. The third kappa shape index (κ3) is 4.14. The summed E-state index contributed by atoms with van der Waals surface area (Å²) in [5.74, 6) is -2.10. The van der Waals surface area contributed by atoms with Gasteiger partial charge < -0.3 is 15.2 Å². The van der Waals surface area contributed by atoms with Crippen molar-refractivity contribution in [1.29, 1.82) is 0 Å². The Kier molecular flexibility index (Phi) is 6.72. The van der Waals surface area contributed by atoms with Crippen molar-refractivity contribution >= 4 is 40.4 Å². The van der Waals surface area contributed by atoms with Crippen molar-refractivity contribution in [2.75, 3.05) is 12.4 Å². The number of para-hydroxylation sites is 1. The molecule has 1 aliphatic carbocycles. The molecular weight excluding hydrogens is 481 g/mol. The molecule has 0 aromatic heterocycles. The van der Waals surface area contributed by atoms with Gasteiger partial charge in [0.05, 0.1) is 7.11 Å². The maximum atomic E-state index is 14.0. The van der Waals surface area contributed by atoms with Gasteiger partial charge in [0, 0.05) is 5.69 Å². The summed E-state index contributed by atoms with van der Waals surface area (Å²) < 4.78 is 5.37. The molecule has 0 atom stereocenters. The SMILES string of the molecule is COC1=C(Nc2ccccc2)C(O)=C([P+](c2ccccc2)(c2ccccc2)c2ccccc2)C(=O)C1=O. The second-order valence-electron chi connectivity index (χ2n) is 8.43. The standard InChI is InChI=1S/C31H24NO4P/c1-36-30-26(32-22-14-6-2-7-15-22)27(33)31(29(35)28(30)34)37(23-16-8-3-9-17-23,24-18-10-4-11-19-24)25-20-12-5-13-21-25/h2-21H,1H3,(H-,32,33,34,35)/p+1. The number of aliphatic hydroxyl groups excluding tert-OH is 1. The van der Waals surface area contributed by atoms with E-state index < -0.39 is 18.8 Å². The van der Waals surface area contributed by atoms with Gasteiger partial charge in [-0.25, -0.2) is 0 Å². The zero-order valence-electron chi connectivity index (χ0n) is 20.2. The van der Waals surface area contributed by atoms with E-state index in [0.29, 0.717) is 5.69 Å². The molecule has 0 fully saturated rings. The largest absolute Gasteiger partial charge is 0.502 e. The minimum atomic E-state index is -3.03. The maximum absolute atomic E-state index is 14.0. The van der Waals surface area contributed by atoms with Gasteiger partial charge >= 0.3 is 0 Å². The zero-order chi connectivity index (χ0) is 25.8. The number of anilines is 1. The number of nitrogens with one attached hydrogen (secondary N) is 1. The van der Waals surface area contributed by atoms with Crippen molar-refractivity contribution in [3.05, 3.63) is 144 Å². The van der Waals surface area contributed by atoms with Crippen molar-refractivity contribution in [3.8, 4) is 0 Å². The number of hydrogen-bond acceptors (Lipinski definition) is 5. The molecule has 0 radical (unpaired) electrons. The van der Waals surface area contributed by atoms with Crippen LogP contribution in [0.15, 0.2) is 144 Å². The van der Waals surface area contributed by atoms with E-state index in [0.717, 1.165) is 15.9 Å². The summed E-state index contributed by atoms with van der Waals surface area (Å²) in [4.78, 5) is 27.5. The molecule has 0 heterocycles. The van der Waals surface area contributed by atoms with Gasteiger partial charge in [-0.2, -0.15) is 0 Å². The number of hydrogen-bond donors (Lipinski definition) is 2. The number of carbonyl (C=O) groups excluding carboxylic acids is 2. The van der Waals surface area contributed by atoms with Crippen LogP contribution in [0.5, 0.6) is 0 Å². The predicted molar refractivity (Wildman–Crippen MR) is 149 cm³/mol. The third-order valence-electron chi connectivity index (χ3n) is 6.33. The average molecular weight is 507 g/mol. The van der Waals surface area contributed by atoms with Crippen molar-refractivity contribution < 1.29 is 19.4 Å². The lowest BCUT2D eigenvalue weighted by Gasteiger charge is -2.31. The first-order chi connectivity index (χ1) is 18.1. The Bertz CT molecular complexity index is 1400. The molecule has 0 saturated heterocycles. The molecule has 1 aliphatic rings. The Morgan fingerprint density at radius 2 is 1.03 bits per heavy atom. The van der Waals surface area contributed by atoms with Crippen molar-refractivity contribution in [1.82, 2.24) is 0 Å². The molecule has 4 aromatic rings. The van der Waals surface area contributed by atoms with Crippen LogP contribution in [0.1, 0.15) is 0 Å². The summed E-state index contributed by atoms with van der Waals surface area (Å²) in [6.07, 6.45) is 0. The molecule has 0 spiro atoms. The van der Waals surface area contributed by atoms with Gasteiger partial charge in [0.1, 0.15) is 21.6 Å². The van der Waals surface area contributed by atoms with Crippen LogP contribution in [0, 0.1) is 0 Å². The first kappa shape index (κ1) is 24.2. The van der Waals surface area contributed by atoms with E-state index in [1.54, 1.807) is 0 Å².